The van der Waals surface area contributed by atoms with Crippen LogP contribution in [0.2, 0.25) is 0 Å². The first-order valence-corrected chi connectivity index (χ1v) is 3.16. The van der Waals surface area contributed by atoms with E-state index in [1.54, 1.807) is 0 Å². The second-order valence-corrected chi connectivity index (χ2v) is 2.48. The van der Waals surface area contributed by atoms with E-state index in [0.29, 0.717) is 18.9 Å². The van der Waals surface area contributed by atoms with E-state index in [0.717, 1.165) is 6.54 Å². The van der Waals surface area contributed by atoms with Crippen LogP contribution in [0.25, 0.3) is 0 Å². The second-order valence-electron chi connectivity index (χ2n) is 2.48. The molecule has 0 spiro atoms. The number of rotatable bonds is 0. The molecule has 1 N–H and O–H groups in total. The lowest BCUT2D eigenvalue weighted by atomic mass is 10.1. The van der Waals surface area contributed by atoms with Gasteiger partial charge in [0.05, 0.1) is 0 Å². The van der Waals surface area contributed by atoms with Gasteiger partial charge in [-0.1, -0.05) is 0 Å². The number of halogens is 2. The largest absolute Gasteiger partial charge is 0.314 e. The van der Waals surface area contributed by atoms with Crippen molar-refractivity contribution in [2.24, 2.45) is 0 Å². The lowest BCUT2D eigenvalue weighted by Crippen LogP contribution is -2.36. The van der Waals surface area contributed by atoms with Gasteiger partial charge in [0.15, 0.2) is 0 Å². The average Bonchev–Trinajstić information content (AvgIpc) is 1.64. The molecule has 0 unspecified atom stereocenters. The summed E-state index contributed by atoms with van der Waals surface area (Å²) in [4.78, 5) is 0. The van der Waals surface area contributed by atoms with Gasteiger partial charge < -0.3 is 5.32 Å². The van der Waals surface area contributed by atoms with Crippen LogP contribution in [0.4, 0.5) is 4.39 Å². The molecule has 56 valence electrons. The van der Waals surface area contributed by atoms with Crippen LogP contribution >= 0.6 is 12.4 Å². The molecule has 9 heavy (non-hydrogen) atoms. The Balaban J connectivity index is 0.000000640. The van der Waals surface area contributed by atoms with Crippen LogP contribution in [-0.4, -0.2) is 18.8 Å². The van der Waals surface area contributed by atoms with Gasteiger partial charge in [-0.25, -0.2) is 4.39 Å². The highest BCUT2D eigenvalue weighted by Gasteiger charge is 2.15. The van der Waals surface area contributed by atoms with Crippen LogP contribution in [-0.2, 0) is 0 Å². The number of piperidine rings is 1. The molecular weight excluding hydrogens is 141 g/mol. The van der Waals surface area contributed by atoms with Crippen molar-refractivity contribution in [3.8, 4) is 0 Å². The van der Waals surface area contributed by atoms with E-state index in [-0.39, 0.29) is 12.4 Å². The minimum absolute atomic E-state index is 0. The molecule has 0 aromatic rings. The Morgan fingerprint density at radius 1 is 1.56 bits per heavy atom. The van der Waals surface area contributed by atoms with E-state index in [1.165, 1.54) is 0 Å². The monoisotopic (exact) mass is 153 g/mol. The Bertz CT molecular complexity index is 71.5. The lowest BCUT2D eigenvalue weighted by molar-refractivity contribution is 0.230. The molecule has 0 radical (unpaired) electrons. The van der Waals surface area contributed by atoms with Gasteiger partial charge in [-0.15, -0.1) is 12.4 Å². The lowest BCUT2D eigenvalue weighted by Gasteiger charge is -2.22. The molecule has 0 aromatic heterocycles. The molecule has 1 saturated heterocycles. The van der Waals surface area contributed by atoms with Crippen LogP contribution < -0.4 is 5.32 Å². The smallest absolute Gasteiger partial charge is 0.103 e. The molecule has 1 nitrogen and oxygen atoms in total. The zero-order valence-corrected chi connectivity index (χ0v) is 6.38. The third kappa shape index (κ3) is 3.01. The van der Waals surface area contributed by atoms with Gasteiger partial charge >= 0.3 is 0 Å². The topological polar surface area (TPSA) is 12.0 Å². The first kappa shape index (κ1) is 9.18. The van der Waals surface area contributed by atoms with Gasteiger partial charge in [0.1, 0.15) is 6.17 Å². The summed E-state index contributed by atoms with van der Waals surface area (Å²) in [5, 5.41) is 3.17. The van der Waals surface area contributed by atoms with Crippen LogP contribution in [0.15, 0.2) is 0 Å². The standard InChI is InChI=1S/C6H12FN.ClH/c1-5-4-6(7)2-3-8-5;/h5-6,8H,2-4H2,1H3;1H/t5-,6-;/m1./s1. The molecular formula is C6H13ClFN. The maximum absolute atomic E-state index is 12.4. The fourth-order valence-electron chi connectivity index (χ4n) is 1.07. The van der Waals surface area contributed by atoms with E-state index in [2.05, 4.69) is 5.32 Å². The quantitative estimate of drug-likeness (QED) is 0.557. The maximum Gasteiger partial charge on any atom is 0.103 e. The number of alkyl halides is 1. The number of nitrogens with one attached hydrogen (secondary N) is 1. The Kier molecular flexibility index (Phi) is 4.15. The van der Waals surface area contributed by atoms with Gasteiger partial charge in [-0.2, -0.15) is 0 Å². The molecule has 3 heteroatoms. The third-order valence-corrected chi connectivity index (χ3v) is 1.56. The molecule has 0 saturated carbocycles. The van der Waals surface area contributed by atoms with Gasteiger partial charge in [0.2, 0.25) is 0 Å². The van der Waals surface area contributed by atoms with Crippen LogP contribution in [0.3, 0.4) is 0 Å². The fraction of sp³-hybridized carbons (Fsp3) is 1.00. The summed E-state index contributed by atoms with van der Waals surface area (Å²) in [6.45, 7) is 2.87. The Labute approximate surface area is 61.4 Å². The highest BCUT2D eigenvalue weighted by atomic mass is 35.5. The highest BCUT2D eigenvalue weighted by molar-refractivity contribution is 5.85. The van der Waals surface area contributed by atoms with Crippen LogP contribution in [0.5, 0.6) is 0 Å². The maximum atomic E-state index is 12.4. The van der Waals surface area contributed by atoms with Crippen molar-refractivity contribution in [2.45, 2.75) is 32.0 Å². The summed E-state index contributed by atoms with van der Waals surface area (Å²) >= 11 is 0. The summed E-state index contributed by atoms with van der Waals surface area (Å²) in [7, 11) is 0. The van der Waals surface area contributed by atoms with E-state index in [4.69, 9.17) is 0 Å². The van der Waals surface area contributed by atoms with Crippen molar-refractivity contribution in [1.29, 1.82) is 0 Å². The molecule has 1 fully saturated rings. The first-order valence-electron chi connectivity index (χ1n) is 3.16. The van der Waals surface area contributed by atoms with Gasteiger partial charge in [0.25, 0.3) is 0 Å². The summed E-state index contributed by atoms with van der Waals surface area (Å²) in [5.74, 6) is 0. The van der Waals surface area contributed by atoms with E-state index in [9.17, 15) is 4.39 Å². The summed E-state index contributed by atoms with van der Waals surface area (Å²) in [6, 6.07) is 0.388. The Morgan fingerprint density at radius 3 is 2.56 bits per heavy atom. The van der Waals surface area contributed by atoms with Gasteiger partial charge in [-0.05, 0) is 26.3 Å². The van der Waals surface area contributed by atoms with Crippen molar-refractivity contribution in [1.82, 2.24) is 5.32 Å². The minimum Gasteiger partial charge on any atom is -0.314 e. The van der Waals surface area contributed by atoms with Gasteiger partial charge in [0, 0.05) is 6.04 Å². The zero-order valence-electron chi connectivity index (χ0n) is 5.56. The van der Waals surface area contributed by atoms with Crippen molar-refractivity contribution >= 4 is 12.4 Å². The predicted molar refractivity (Wildman–Crippen MR) is 38.8 cm³/mol. The molecule has 0 bridgehead atoms. The Morgan fingerprint density at radius 2 is 2.22 bits per heavy atom. The normalized spacial score (nSPS) is 35.3. The number of hydrogen-bond acceptors (Lipinski definition) is 1. The van der Waals surface area contributed by atoms with Crippen LogP contribution in [0.1, 0.15) is 19.8 Å². The van der Waals surface area contributed by atoms with E-state index >= 15 is 0 Å². The SMILES string of the molecule is C[C@@H]1C[C@H](F)CCN1.Cl. The molecule has 2 atom stereocenters. The molecule has 0 aliphatic carbocycles. The van der Waals surface area contributed by atoms with E-state index in [1.807, 2.05) is 6.92 Å². The van der Waals surface area contributed by atoms with Crippen molar-refractivity contribution in [3.63, 3.8) is 0 Å². The van der Waals surface area contributed by atoms with Crippen molar-refractivity contribution < 1.29 is 4.39 Å². The summed E-state index contributed by atoms with van der Waals surface area (Å²) in [6.07, 6.45) is 0.843. The number of hydrogen-bond donors (Lipinski definition) is 1. The molecule has 0 aromatic carbocycles. The second kappa shape index (κ2) is 4.07. The fourth-order valence-corrected chi connectivity index (χ4v) is 1.07. The average molecular weight is 154 g/mol. The zero-order chi connectivity index (χ0) is 5.98. The summed E-state index contributed by atoms with van der Waals surface area (Å²) < 4.78 is 12.4. The third-order valence-electron chi connectivity index (χ3n) is 1.56. The van der Waals surface area contributed by atoms with Crippen LogP contribution in [0, 0.1) is 0 Å². The first-order chi connectivity index (χ1) is 3.79. The Hall–Kier alpha value is 0.180. The minimum atomic E-state index is -0.550. The highest BCUT2D eigenvalue weighted by Crippen LogP contribution is 2.10. The molecule has 1 aliphatic rings. The predicted octanol–water partition coefficient (Wildman–Crippen LogP) is 1.52. The van der Waals surface area contributed by atoms with Gasteiger partial charge in [-0.3, -0.25) is 0 Å². The summed E-state index contributed by atoms with van der Waals surface area (Å²) in [5.41, 5.74) is 0. The molecule has 1 rings (SSSR count). The van der Waals surface area contributed by atoms with Crippen molar-refractivity contribution in [2.75, 3.05) is 6.54 Å². The molecule has 1 heterocycles. The molecule has 0 amide bonds. The van der Waals surface area contributed by atoms with Crippen molar-refractivity contribution in [3.05, 3.63) is 0 Å². The molecule has 1 aliphatic heterocycles. The van der Waals surface area contributed by atoms with E-state index < -0.39 is 6.17 Å².